The zero-order chi connectivity index (χ0) is 14.7. The second-order valence-corrected chi connectivity index (χ2v) is 4.96. The summed E-state index contributed by atoms with van der Waals surface area (Å²) in [4.78, 5) is 22.5. The van der Waals surface area contributed by atoms with E-state index < -0.39 is 5.97 Å². The molecule has 0 saturated heterocycles. The lowest BCUT2D eigenvalue weighted by Crippen LogP contribution is -2.32. The van der Waals surface area contributed by atoms with Gasteiger partial charge in [0.15, 0.2) is 5.76 Å². The Morgan fingerprint density at radius 1 is 1.35 bits per heavy atom. The van der Waals surface area contributed by atoms with Gasteiger partial charge in [0.25, 0.3) is 5.91 Å². The van der Waals surface area contributed by atoms with Gasteiger partial charge in [-0.25, -0.2) is 0 Å². The molecule has 5 nitrogen and oxygen atoms in total. The first kappa shape index (κ1) is 14.1. The molecule has 1 heterocycles. The maximum Gasteiger partial charge on any atom is 0.303 e. The van der Waals surface area contributed by atoms with E-state index in [-0.39, 0.29) is 24.1 Å². The number of carbonyl (C=O) groups excluding carboxylic acids is 1. The molecular weight excluding hydrogens is 258 g/mol. The van der Waals surface area contributed by atoms with Crippen LogP contribution < -0.4 is 5.32 Å². The first-order valence-corrected chi connectivity index (χ1v) is 6.48. The van der Waals surface area contributed by atoms with Crippen LogP contribution in [0, 0.1) is 6.92 Å². The molecule has 0 aliphatic rings. The van der Waals surface area contributed by atoms with Crippen molar-refractivity contribution < 1.29 is 19.1 Å². The zero-order valence-corrected chi connectivity index (χ0v) is 11.5. The summed E-state index contributed by atoms with van der Waals surface area (Å²) in [5, 5.41) is 12.2. The molecule has 1 aromatic heterocycles. The van der Waals surface area contributed by atoms with Crippen molar-refractivity contribution in [2.75, 3.05) is 0 Å². The highest BCUT2D eigenvalue weighted by Gasteiger charge is 2.15. The lowest BCUT2D eigenvalue weighted by Gasteiger charge is -2.10. The molecule has 2 N–H and O–H groups in total. The Bertz CT molecular complexity index is 644. The second-order valence-electron chi connectivity index (χ2n) is 4.96. The number of nitrogens with one attached hydrogen (secondary N) is 1. The van der Waals surface area contributed by atoms with E-state index in [9.17, 15) is 9.59 Å². The first-order chi connectivity index (χ1) is 9.45. The second kappa shape index (κ2) is 5.77. The minimum absolute atomic E-state index is 0.0285. The number of aryl methyl sites for hydroxylation is 1. The van der Waals surface area contributed by atoms with E-state index in [1.807, 2.05) is 25.1 Å². The van der Waals surface area contributed by atoms with Gasteiger partial charge < -0.3 is 14.8 Å². The van der Waals surface area contributed by atoms with Crippen LogP contribution in [0.4, 0.5) is 0 Å². The number of carbonyl (C=O) groups is 2. The first-order valence-electron chi connectivity index (χ1n) is 6.48. The zero-order valence-electron chi connectivity index (χ0n) is 11.5. The third-order valence-electron chi connectivity index (χ3n) is 3.06. The molecule has 2 aromatic rings. The monoisotopic (exact) mass is 275 g/mol. The van der Waals surface area contributed by atoms with Gasteiger partial charge in [-0.3, -0.25) is 9.59 Å². The van der Waals surface area contributed by atoms with Crippen molar-refractivity contribution in [3.05, 3.63) is 35.6 Å². The smallest absolute Gasteiger partial charge is 0.303 e. The molecule has 1 unspecified atom stereocenters. The van der Waals surface area contributed by atoms with Crippen molar-refractivity contribution in [1.29, 1.82) is 0 Å². The molecule has 2 rings (SSSR count). The van der Waals surface area contributed by atoms with Gasteiger partial charge in [0.05, 0.1) is 0 Å². The largest absolute Gasteiger partial charge is 0.481 e. The number of benzene rings is 1. The van der Waals surface area contributed by atoms with Crippen molar-refractivity contribution in [1.82, 2.24) is 5.32 Å². The third kappa shape index (κ3) is 3.38. The van der Waals surface area contributed by atoms with E-state index >= 15 is 0 Å². The van der Waals surface area contributed by atoms with Crippen molar-refractivity contribution in [2.24, 2.45) is 0 Å². The molecule has 0 radical (unpaired) electrons. The molecule has 0 fully saturated rings. The van der Waals surface area contributed by atoms with Crippen LogP contribution >= 0.6 is 0 Å². The van der Waals surface area contributed by atoms with E-state index in [4.69, 9.17) is 9.52 Å². The predicted molar refractivity (Wildman–Crippen MR) is 74.7 cm³/mol. The SMILES string of the molecule is Cc1ccc2oc(C(=O)NC(C)CCC(=O)O)cc2c1. The van der Waals surface area contributed by atoms with E-state index in [1.54, 1.807) is 13.0 Å². The average molecular weight is 275 g/mol. The van der Waals surface area contributed by atoms with Gasteiger partial charge >= 0.3 is 5.97 Å². The highest BCUT2D eigenvalue weighted by molar-refractivity contribution is 5.96. The van der Waals surface area contributed by atoms with Crippen LogP contribution in [0.1, 0.15) is 35.9 Å². The minimum atomic E-state index is -0.870. The Morgan fingerprint density at radius 2 is 2.10 bits per heavy atom. The van der Waals surface area contributed by atoms with Crippen LogP contribution in [0.25, 0.3) is 11.0 Å². The molecule has 106 valence electrons. The Hall–Kier alpha value is -2.30. The topological polar surface area (TPSA) is 79.5 Å². The van der Waals surface area contributed by atoms with E-state index in [1.165, 1.54) is 0 Å². The molecular formula is C15H17NO4. The summed E-state index contributed by atoms with van der Waals surface area (Å²) in [6.07, 6.45) is 0.418. The number of hydrogen-bond donors (Lipinski definition) is 2. The Balaban J connectivity index is 2.05. The van der Waals surface area contributed by atoms with Crippen molar-refractivity contribution in [3.8, 4) is 0 Å². The number of carboxylic acid groups (broad SMARTS) is 1. The van der Waals surface area contributed by atoms with Gasteiger partial charge in [0.2, 0.25) is 0 Å². The molecule has 1 aromatic carbocycles. The Kier molecular flexibility index (Phi) is 4.08. The number of fused-ring (bicyclic) bond motifs is 1. The van der Waals surface area contributed by atoms with Gasteiger partial charge in [0.1, 0.15) is 5.58 Å². The summed E-state index contributed by atoms with van der Waals surface area (Å²) in [5.74, 6) is -0.949. The summed E-state index contributed by atoms with van der Waals surface area (Å²) in [6.45, 7) is 3.74. The number of furan rings is 1. The summed E-state index contributed by atoms with van der Waals surface area (Å²) < 4.78 is 5.48. The minimum Gasteiger partial charge on any atom is -0.481 e. The molecule has 0 aliphatic carbocycles. The molecule has 0 bridgehead atoms. The summed E-state index contributed by atoms with van der Waals surface area (Å²) in [5.41, 5.74) is 1.76. The average Bonchev–Trinajstić information content (AvgIpc) is 2.79. The normalized spacial score (nSPS) is 12.3. The lowest BCUT2D eigenvalue weighted by atomic mass is 10.1. The maximum absolute atomic E-state index is 12.0. The Labute approximate surface area is 116 Å². The van der Waals surface area contributed by atoms with Crippen LogP contribution in [0.15, 0.2) is 28.7 Å². The van der Waals surface area contributed by atoms with Gasteiger partial charge in [-0.05, 0) is 38.5 Å². The quantitative estimate of drug-likeness (QED) is 0.879. The van der Waals surface area contributed by atoms with E-state index in [2.05, 4.69) is 5.32 Å². The molecule has 5 heteroatoms. The van der Waals surface area contributed by atoms with Crippen LogP contribution in [0.5, 0.6) is 0 Å². The number of rotatable bonds is 5. The fraction of sp³-hybridized carbons (Fsp3) is 0.333. The standard InChI is InChI=1S/C15H17NO4/c1-9-3-5-12-11(7-9)8-13(20-12)15(19)16-10(2)4-6-14(17)18/h3,5,7-8,10H,4,6H2,1-2H3,(H,16,19)(H,17,18). The highest BCUT2D eigenvalue weighted by atomic mass is 16.4. The van der Waals surface area contributed by atoms with Crippen LogP contribution in [-0.4, -0.2) is 23.0 Å². The predicted octanol–water partition coefficient (Wildman–Crippen LogP) is 2.72. The molecule has 0 spiro atoms. The third-order valence-corrected chi connectivity index (χ3v) is 3.06. The number of hydrogen-bond acceptors (Lipinski definition) is 3. The fourth-order valence-electron chi connectivity index (χ4n) is 1.98. The molecule has 20 heavy (non-hydrogen) atoms. The van der Waals surface area contributed by atoms with E-state index in [0.29, 0.717) is 12.0 Å². The highest BCUT2D eigenvalue weighted by Crippen LogP contribution is 2.20. The van der Waals surface area contributed by atoms with Crippen LogP contribution in [0.3, 0.4) is 0 Å². The Morgan fingerprint density at radius 3 is 2.80 bits per heavy atom. The van der Waals surface area contributed by atoms with Crippen LogP contribution in [-0.2, 0) is 4.79 Å². The molecule has 0 saturated carbocycles. The number of aliphatic carboxylic acids is 1. The lowest BCUT2D eigenvalue weighted by molar-refractivity contribution is -0.137. The van der Waals surface area contributed by atoms with Crippen molar-refractivity contribution in [3.63, 3.8) is 0 Å². The summed E-state index contributed by atoms with van der Waals surface area (Å²) in [7, 11) is 0. The van der Waals surface area contributed by atoms with Gasteiger partial charge in [0, 0.05) is 17.8 Å². The number of amides is 1. The van der Waals surface area contributed by atoms with Crippen molar-refractivity contribution >= 4 is 22.8 Å². The van der Waals surface area contributed by atoms with Crippen LogP contribution in [0.2, 0.25) is 0 Å². The van der Waals surface area contributed by atoms with Gasteiger partial charge in [-0.1, -0.05) is 11.6 Å². The van der Waals surface area contributed by atoms with Gasteiger partial charge in [-0.2, -0.15) is 0 Å². The molecule has 1 amide bonds. The maximum atomic E-state index is 12.0. The number of carboxylic acids is 1. The fourth-order valence-corrected chi connectivity index (χ4v) is 1.98. The summed E-state index contributed by atoms with van der Waals surface area (Å²) >= 11 is 0. The van der Waals surface area contributed by atoms with Crippen molar-refractivity contribution in [2.45, 2.75) is 32.7 Å². The summed E-state index contributed by atoms with van der Waals surface area (Å²) in [6, 6.07) is 7.18. The molecule has 1 atom stereocenters. The van der Waals surface area contributed by atoms with E-state index in [0.717, 1.165) is 10.9 Å². The molecule has 0 aliphatic heterocycles. The van der Waals surface area contributed by atoms with Gasteiger partial charge in [-0.15, -0.1) is 0 Å².